The normalized spacial score (nSPS) is 21.2. The molecule has 1 aromatic carbocycles. The van der Waals surface area contributed by atoms with E-state index in [4.69, 9.17) is 14.6 Å². The Morgan fingerprint density at radius 3 is 2.65 bits per heavy atom. The van der Waals surface area contributed by atoms with Gasteiger partial charge in [-0.25, -0.2) is 13.6 Å². The van der Waals surface area contributed by atoms with Crippen molar-refractivity contribution in [3.05, 3.63) is 23.8 Å². The number of primary sulfonamides is 1. The molecule has 0 unspecified atom stereocenters. The molecule has 0 saturated carbocycles. The van der Waals surface area contributed by atoms with Crippen LogP contribution in [0.25, 0.3) is 0 Å². The van der Waals surface area contributed by atoms with Crippen LogP contribution in [0.5, 0.6) is 5.75 Å². The van der Waals surface area contributed by atoms with E-state index in [0.29, 0.717) is 6.54 Å². The van der Waals surface area contributed by atoms with Crippen molar-refractivity contribution in [1.82, 2.24) is 4.90 Å². The molecule has 128 valence electrons. The van der Waals surface area contributed by atoms with Gasteiger partial charge in [0.15, 0.2) is 0 Å². The maximum absolute atomic E-state index is 12.8. The van der Waals surface area contributed by atoms with Gasteiger partial charge in [0.05, 0.1) is 42.9 Å². The highest BCUT2D eigenvalue weighted by atomic mass is 32.2. The smallest absolute Gasteiger partial charge is 0.258 e. The summed E-state index contributed by atoms with van der Waals surface area (Å²) >= 11 is 0. The first-order chi connectivity index (χ1) is 10.8. The zero-order valence-electron chi connectivity index (χ0n) is 12.9. The third-order valence-corrected chi connectivity index (χ3v) is 4.66. The lowest BCUT2D eigenvalue weighted by Crippen LogP contribution is -2.46. The van der Waals surface area contributed by atoms with Crippen LogP contribution in [0.2, 0.25) is 0 Å². The van der Waals surface area contributed by atoms with Gasteiger partial charge >= 0.3 is 0 Å². The highest BCUT2D eigenvalue weighted by Crippen LogP contribution is 2.25. The van der Waals surface area contributed by atoms with Gasteiger partial charge in [0.25, 0.3) is 5.91 Å². The van der Waals surface area contributed by atoms with E-state index >= 15 is 0 Å². The van der Waals surface area contributed by atoms with Gasteiger partial charge in [0, 0.05) is 6.54 Å². The summed E-state index contributed by atoms with van der Waals surface area (Å²) in [5, 5.41) is 15.0. The number of amides is 1. The molecule has 1 aromatic rings. The van der Waals surface area contributed by atoms with Crippen LogP contribution >= 0.6 is 0 Å². The Morgan fingerprint density at radius 1 is 1.48 bits per heavy atom. The van der Waals surface area contributed by atoms with Crippen molar-refractivity contribution in [3.63, 3.8) is 0 Å². The lowest BCUT2D eigenvalue weighted by atomic mass is 10.1. The monoisotopic (exact) mass is 344 g/mol. The second kappa shape index (κ2) is 6.83. The zero-order chi connectivity index (χ0) is 17.2. The molecule has 1 heterocycles. The van der Waals surface area contributed by atoms with E-state index in [0.717, 1.165) is 0 Å². The average molecular weight is 344 g/mol. The van der Waals surface area contributed by atoms with Gasteiger partial charge in [-0.2, -0.15) is 0 Å². The van der Waals surface area contributed by atoms with E-state index in [1.54, 1.807) is 6.92 Å². The van der Waals surface area contributed by atoms with Crippen molar-refractivity contribution in [2.24, 2.45) is 5.14 Å². The predicted octanol–water partition coefficient (Wildman–Crippen LogP) is -0.436. The minimum absolute atomic E-state index is 0.0694. The number of aliphatic hydroxyl groups excluding tert-OH is 1. The number of methoxy groups -OCH3 is 1. The maximum atomic E-state index is 12.8. The number of aliphatic hydroxyl groups is 1. The molecule has 3 N–H and O–H groups in total. The Labute approximate surface area is 134 Å². The van der Waals surface area contributed by atoms with Gasteiger partial charge in [-0.3, -0.25) is 4.79 Å². The minimum atomic E-state index is -3.95. The van der Waals surface area contributed by atoms with Crippen LogP contribution < -0.4 is 9.88 Å². The van der Waals surface area contributed by atoms with Crippen molar-refractivity contribution >= 4 is 15.9 Å². The summed E-state index contributed by atoms with van der Waals surface area (Å²) in [5.41, 5.74) is 0.0694. The van der Waals surface area contributed by atoms with Gasteiger partial charge < -0.3 is 19.5 Å². The van der Waals surface area contributed by atoms with Gasteiger partial charge in [-0.1, -0.05) is 0 Å². The van der Waals surface area contributed by atoms with Crippen molar-refractivity contribution in [2.45, 2.75) is 24.0 Å². The highest BCUT2D eigenvalue weighted by Gasteiger charge is 2.35. The summed E-state index contributed by atoms with van der Waals surface area (Å²) in [6, 6.07) is 3.34. The number of hydrogen-bond acceptors (Lipinski definition) is 6. The number of sulfonamides is 1. The molecular weight excluding hydrogens is 324 g/mol. The van der Waals surface area contributed by atoms with Gasteiger partial charge in [-0.05, 0) is 25.1 Å². The zero-order valence-corrected chi connectivity index (χ0v) is 13.7. The summed E-state index contributed by atoms with van der Waals surface area (Å²) in [4.78, 5) is 14.1. The van der Waals surface area contributed by atoms with Crippen LogP contribution in [0.3, 0.4) is 0 Å². The molecule has 1 aliphatic rings. The fraction of sp³-hybridized carbons (Fsp3) is 0.500. The predicted molar refractivity (Wildman–Crippen MR) is 81.7 cm³/mol. The summed E-state index contributed by atoms with van der Waals surface area (Å²) in [5.74, 6) is -0.223. The third-order valence-electron chi connectivity index (χ3n) is 3.75. The highest BCUT2D eigenvalue weighted by molar-refractivity contribution is 7.89. The molecule has 1 fully saturated rings. The molecule has 0 aliphatic carbocycles. The summed E-state index contributed by atoms with van der Waals surface area (Å²) < 4.78 is 33.3. The van der Waals surface area contributed by atoms with Crippen molar-refractivity contribution in [3.8, 4) is 5.75 Å². The second-order valence-electron chi connectivity index (χ2n) is 5.17. The van der Waals surface area contributed by atoms with Crippen LogP contribution in [0.1, 0.15) is 17.3 Å². The number of hydrogen-bond donors (Lipinski definition) is 2. The largest absolute Gasteiger partial charge is 0.496 e. The number of carbonyl (C=O) groups is 1. The maximum Gasteiger partial charge on any atom is 0.258 e. The molecule has 0 spiro atoms. The topological polar surface area (TPSA) is 119 Å². The first-order valence-corrected chi connectivity index (χ1v) is 8.61. The van der Waals surface area contributed by atoms with E-state index in [-0.39, 0.29) is 29.4 Å². The molecule has 2 rings (SSSR count). The molecule has 2 atom stereocenters. The van der Waals surface area contributed by atoms with Crippen LogP contribution in [0.15, 0.2) is 23.1 Å². The number of nitrogens with zero attached hydrogens (tertiary/aromatic N) is 1. The Hall–Kier alpha value is -1.68. The number of nitrogens with two attached hydrogens (primary N) is 1. The number of likely N-dealkylation sites (N-methyl/N-ethyl adjacent to an activating group) is 1. The fourth-order valence-corrected chi connectivity index (χ4v) is 3.08. The Bertz CT molecular complexity index is 691. The molecule has 1 saturated heterocycles. The molecule has 0 radical (unpaired) electrons. The average Bonchev–Trinajstić information content (AvgIpc) is 2.92. The van der Waals surface area contributed by atoms with Crippen LogP contribution in [-0.2, 0) is 14.8 Å². The third kappa shape index (κ3) is 3.63. The second-order valence-corrected chi connectivity index (χ2v) is 6.73. The van der Waals surface area contributed by atoms with Crippen molar-refractivity contribution in [1.29, 1.82) is 0 Å². The van der Waals surface area contributed by atoms with E-state index in [9.17, 15) is 18.3 Å². The number of carbonyl (C=O) groups excluding carboxylic acids is 1. The number of ether oxygens (including phenoxy) is 2. The van der Waals surface area contributed by atoms with E-state index in [1.807, 2.05) is 0 Å². The summed E-state index contributed by atoms with van der Waals surface area (Å²) in [6.45, 7) is 2.46. The quantitative estimate of drug-likeness (QED) is 0.748. The van der Waals surface area contributed by atoms with Crippen molar-refractivity contribution in [2.75, 3.05) is 26.9 Å². The van der Waals surface area contributed by atoms with Gasteiger partial charge in [-0.15, -0.1) is 0 Å². The van der Waals surface area contributed by atoms with Gasteiger partial charge in [0.1, 0.15) is 5.75 Å². The number of benzene rings is 1. The van der Waals surface area contributed by atoms with Crippen LogP contribution in [0, 0.1) is 0 Å². The van der Waals surface area contributed by atoms with Crippen LogP contribution in [-0.4, -0.2) is 63.3 Å². The molecular formula is C14H20N2O6S. The molecule has 0 aromatic heterocycles. The van der Waals surface area contributed by atoms with Crippen LogP contribution in [0.4, 0.5) is 0 Å². The first-order valence-electron chi connectivity index (χ1n) is 7.07. The molecule has 0 bridgehead atoms. The lowest BCUT2D eigenvalue weighted by Gasteiger charge is -2.29. The Morgan fingerprint density at radius 2 is 2.17 bits per heavy atom. The minimum Gasteiger partial charge on any atom is -0.496 e. The SMILES string of the molecule is CCN(C(=O)c1cc(S(N)(=O)=O)ccc1OC)[C@@H]1COC[C@H]1O. The van der Waals surface area contributed by atoms with Gasteiger partial charge in [0.2, 0.25) is 10.0 Å². The van der Waals surface area contributed by atoms with E-state index < -0.39 is 28.1 Å². The standard InChI is InChI=1S/C14H20N2O6S/c1-3-16(11-7-22-8-12(11)17)14(18)10-6-9(23(15,19)20)4-5-13(10)21-2/h4-6,11-12,17H,3,7-8H2,1-2H3,(H2,15,19,20)/t11-,12-/m1/s1. The lowest BCUT2D eigenvalue weighted by molar-refractivity contribution is 0.0517. The molecule has 9 heteroatoms. The molecule has 8 nitrogen and oxygen atoms in total. The summed E-state index contributed by atoms with van der Waals surface area (Å²) in [6.07, 6.45) is -0.786. The molecule has 1 amide bonds. The van der Waals surface area contributed by atoms with Crippen molar-refractivity contribution < 1.29 is 27.8 Å². The Kier molecular flexibility index (Phi) is 5.25. The number of rotatable bonds is 5. The molecule has 23 heavy (non-hydrogen) atoms. The van der Waals surface area contributed by atoms with E-state index in [1.165, 1.54) is 30.2 Å². The molecule has 1 aliphatic heterocycles. The Balaban J connectivity index is 2.43. The first kappa shape index (κ1) is 17.7. The fourth-order valence-electron chi connectivity index (χ4n) is 2.54. The van der Waals surface area contributed by atoms with E-state index in [2.05, 4.69) is 0 Å². The summed E-state index contributed by atoms with van der Waals surface area (Å²) in [7, 11) is -2.56.